The molecule has 0 radical (unpaired) electrons. The topological polar surface area (TPSA) is 117 Å². The predicted octanol–water partition coefficient (Wildman–Crippen LogP) is 1.89. The zero-order valence-corrected chi connectivity index (χ0v) is 19.7. The van der Waals surface area contributed by atoms with Crippen LogP contribution >= 0.6 is 23.4 Å². The summed E-state index contributed by atoms with van der Waals surface area (Å²) in [6.07, 6.45) is 0.740. The first-order chi connectivity index (χ1) is 15.2. The summed E-state index contributed by atoms with van der Waals surface area (Å²) in [7, 11) is 0. The number of hydrogen-bond donors (Lipinski definition) is 2. The van der Waals surface area contributed by atoms with E-state index in [0.29, 0.717) is 37.0 Å². The molecule has 0 spiro atoms. The van der Waals surface area contributed by atoms with Crippen molar-refractivity contribution in [1.82, 2.24) is 9.80 Å². The van der Waals surface area contributed by atoms with Gasteiger partial charge in [0.05, 0.1) is 37.3 Å². The number of aliphatic hydroxyl groups excluding tert-OH is 1. The summed E-state index contributed by atoms with van der Waals surface area (Å²) >= 11 is 7.06. The molecule has 0 aromatic heterocycles. The number of β-lactam (4-membered cyclic amide) rings is 1. The summed E-state index contributed by atoms with van der Waals surface area (Å²) < 4.78 is 10.8. The first kappa shape index (κ1) is 24.9. The number of carboxylic acid groups (broad SMARTS) is 1. The molecule has 2 fully saturated rings. The number of hydrogen-bond acceptors (Lipinski definition) is 7. The quantitative estimate of drug-likeness (QED) is 0.207. The third-order valence-electron chi connectivity index (χ3n) is 6.07. The Balaban J connectivity index is 1.77. The first-order valence-corrected chi connectivity index (χ1v) is 12.0. The Labute approximate surface area is 196 Å². The fourth-order valence-corrected chi connectivity index (χ4v) is 6.36. The summed E-state index contributed by atoms with van der Waals surface area (Å²) in [5.74, 6) is -2.02. The van der Waals surface area contributed by atoms with E-state index >= 15 is 0 Å². The number of rotatable bonds is 10. The Kier molecular flexibility index (Phi) is 8.13. The number of nitrogens with zero attached hydrogens (tertiary/aromatic N) is 2. The zero-order chi connectivity index (χ0) is 23.6. The van der Waals surface area contributed by atoms with Gasteiger partial charge in [0, 0.05) is 28.5 Å². The summed E-state index contributed by atoms with van der Waals surface area (Å²) in [6.45, 7) is 8.08. The van der Waals surface area contributed by atoms with Crippen LogP contribution < -0.4 is 0 Å². The lowest BCUT2D eigenvalue weighted by molar-refractivity contribution is -0.163. The minimum absolute atomic E-state index is 0.0166. The number of aliphatic hydroxyl groups is 1. The van der Waals surface area contributed by atoms with E-state index < -0.39 is 24.1 Å². The van der Waals surface area contributed by atoms with Gasteiger partial charge in [0.25, 0.3) is 0 Å². The minimum atomic E-state index is -1.17. The lowest BCUT2D eigenvalue weighted by atomic mass is 9.79. The smallest absolute Gasteiger partial charge is 0.410 e. The highest BCUT2D eigenvalue weighted by atomic mass is 35.5. The fourth-order valence-electron chi connectivity index (χ4n) is 4.69. The van der Waals surface area contributed by atoms with E-state index in [-0.39, 0.29) is 41.5 Å². The summed E-state index contributed by atoms with van der Waals surface area (Å²) in [4.78, 5) is 40.6. The summed E-state index contributed by atoms with van der Waals surface area (Å²) in [6, 6.07) is -0.600. The van der Waals surface area contributed by atoms with Crippen LogP contribution in [0.15, 0.2) is 23.3 Å². The first-order valence-electron chi connectivity index (χ1n) is 10.6. The van der Waals surface area contributed by atoms with Crippen LogP contribution in [-0.2, 0) is 19.1 Å². The molecular weight excluding hydrogens is 460 g/mol. The third kappa shape index (κ3) is 4.64. The van der Waals surface area contributed by atoms with E-state index in [1.807, 2.05) is 6.92 Å². The van der Waals surface area contributed by atoms with E-state index in [4.69, 9.17) is 21.1 Å². The molecule has 6 atom stereocenters. The zero-order valence-electron chi connectivity index (χ0n) is 18.1. The monoisotopic (exact) mass is 488 g/mol. The normalized spacial score (nSPS) is 30.2. The molecule has 3 aliphatic rings. The second-order valence-corrected chi connectivity index (χ2v) is 9.90. The molecule has 0 saturated carbocycles. The number of thioether (sulfide) groups is 1. The van der Waals surface area contributed by atoms with Gasteiger partial charge in [-0.3, -0.25) is 4.79 Å². The average Bonchev–Trinajstić information content (AvgIpc) is 3.24. The van der Waals surface area contributed by atoms with E-state index in [0.717, 1.165) is 0 Å². The van der Waals surface area contributed by atoms with Gasteiger partial charge in [0.1, 0.15) is 12.3 Å². The van der Waals surface area contributed by atoms with E-state index in [2.05, 4.69) is 6.58 Å². The molecule has 3 rings (SSSR count). The number of carbonyl (C=O) groups excluding carboxylic acids is 2. The second-order valence-electron chi connectivity index (χ2n) is 8.18. The Morgan fingerprint density at radius 2 is 2.16 bits per heavy atom. The molecule has 0 aromatic rings. The number of aliphatic carboxylic acids is 1. The molecule has 178 valence electrons. The summed E-state index contributed by atoms with van der Waals surface area (Å²) in [5, 5.41) is 19.7. The van der Waals surface area contributed by atoms with Crippen molar-refractivity contribution in [3.05, 3.63) is 23.3 Å². The number of alkyl halides is 1. The van der Waals surface area contributed by atoms with Crippen LogP contribution in [0.5, 0.6) is 0 Å². The molecule has 9 nitrogen and oxygen atoms in total. The van der Waals surface area contributed by atoms with Crippen molar-refractivity contribution < 1.29 is 34.1 Å². The van der Waals surface area contributed by atoms with Crippen LogP contribution in [0.4, 0.5) is 4.79 Å². The van der Waals surface area contributed by atoms with E-state index in [9.17, 15) is 24.6 Å². The molecule has 0 unspecified atom stereocenters. The molecule has 2 amide bonds. The van der Waals surface area contributed by atoms with Crippen molar-refractivity contribution in [2.45, 2.75) is 43.7 Å². The second kappa shape index (κ2) is 10.5. The fraction of sp³-hybridized carbons (Fsp3) is 0.667. The number of fused-ring (bicyclic) bond motifs is 1. The van der Waals surface area contributed by atoms with Gasteiger partial charge >= 0.3 is 12.1 Å². The van der Waals surface area contributed by atoms with Crippen molar-refractivity contribution in [3.8, 4) is 0 Å². The Bertz CT molecular complexity index is 805. The van der Waals surface area contributed by atoms with Gasteiger partial charge < -0.3 is 29.5 Å². The largest absolute Gasteiger partial charge is 0.477 e. The van der Waals surface area contributed by atoms with Gasteiger partial charge in [-0.25, -0.2) is 9.59 Å². The van der Waals surface area contributed by atoms with E-state index in [1.54, 1.807) is 11.8 Å². The SMILES string of the molecule is C=CCOC(=O)N1C[C@@H](SC2=C(C(=O)O)N3C(=O)[C@H]([C@@H](C)O)[C@H]3[C@H]2C)C[C@H]1COCCCl. The lowest BCUT2D eigenvalue weighted by Gasteiger charge is -2.46. The maximum absolute atomic E-state index is 12.5. The van der Waals surface area contributed by atoms with Crippen LogP contribution in [-0.4, -0.2) is 93.7 Å². The highest BCUT2D eigenvalue weighted by molar-refractivity contribution is 8.03. The maximum Gasteiger partial charge on any atom is 0.410 e. The Morgan fingerprint density at radius 1 is 1.44 bits per heavy atom. The molecule has 11 heteroatoms. The Hall–Kier alpha value is -1.75. The molecule has 3 aliphatic heterocycles. The molecule has 0 aromatic carbocycles. The molecule has 3 heterocycles. The van der Waals surface area contributed by atoms with E-state index in [1.165, 1.54) is 22.7 Å². The van der Waals surface area contributed by atoms with Crippen LogP contribution in [0, 0.1) is 11.8 Å². The van der Waals surface area contributed by atoms with Crippen LogP contribution in [0.1, 0.15) is 20.3 Å². The van der Waals surface area contributed by atoms with Crippen LogP contribution in [0.2, 0.25) is 0 Å². The third-order valence-corrected chi connectivity index (χ3v) is 7.72. The van der Waals surface area contributed by atoms with Crippen LogP contribution in [0.3, 0.4) is 0 Å². The number of carboxylic acids is 1. The minimum Gasteiger partial charge on any atom is -0.477 e. The van der Waals surface area contributed by atoms with Gasteiger partial charge in [-0.1, -0.05) is 19.6 Å². The highest BCUT2D eigenvalue weighted by Gasteiger charge is 2.60. The van der Waals surface area contributed by atoms with Gasteiger partial charge in [-0.15, -0.1) is 23.4 Å². The number of carbonyl (C=O) groups is 3. The van der Waals surface area contributed by atoms with Gasteiger partial charge in [-0.05, 0) is 13.3 Å². The molecule has 32 heavy (non-hydrogen) atoms. The van der Waals surface area contributed by atoms with Crippen molar-refractivity contribution in [3.63, 3.8) is 0 Å². The van der Waals surface area contributed by atoms with Gasteiger partial charge in [0.2, 0.25) is 5.91 Å². The number of amides is 2. The van der Waals surface area contributed by atoms with Crippen molar-refractivity contribution in [2.24, 2.45) is 11.8 Å². The maximum atomic E-state index is 12.5. The van der Waals surface area contributed by atoms with Crippen LogP contribution in [0.25, 0.3) is 0 Å². The van der Waals surface area contributed by atoms with Crippen molar-refractivity contribution in [2.75, 3.05) is 32.2 Å². The Morgan fingerprint density at radius 3 is 2.75 bits per heavy atom. The molecule has 0 aliphatic carbocycles. The molecule has 2 N–H and O–H groups in total. The number of halogens is 1. The average molecular weight is 489 g/mol. The summed E-state index contributed by atoms with van der Waals surface area (Å²) in [5.41, 5.74) is -0.0166. The number of likely N-dealkylation sites (tertiary alicyclic amines) is 1. The molecular formula is C21H29ClN2O7S. The van der Waals surface area contributed by atoms with Crippen molar-refractivity contribution in [1.29, 1.82) is 0 Å². The highest BCUT2D eigenvalue weighted by Crippen LogP contribution is 2.52. The van der Waals surface area contributed by atoms with Gasteiger partial charge in [0.15, 0.2) is 0 Å². The van der Waals surface area contributed by atoms with Gasteiger partial charge in [-0.2, -0.15) is 0 Å². The number of ether oxygens (including phenoxy) is 2. The standard InChI is InChI=1S/C21H29ClN2O7S/c1-4-6-31-21(29)23-9-14(8-13(23)10-30-7-5-22)32-18-11(2)16-15(12(3)25)19(26)24(16)17(18)20(27)28/h4,11-16,25H,1,5-10H2,2-3H3,(H,27,28)/t11-,12-,13+,14+,15-,16-/m1/s1. The lowest BCUT2D eigenvalue weighted by Crippen LogP contribution is -2.63. The predicted molar refractivity (Wildman–Crippen MR) is 119 cm³/mol. The molecule has 2 saturated heterocycles. The molecule has 0 bridgehead atoms. The van der Waals surface area contributed by atoms with Crippen molar-refractivity contribution >= 4 is 41.3 Å².